The average molecular weight is 220 g/mol. The number of aryl methyl sites for hydroxylation is 1. The molecule has 1 aromatic heterocycles. The van der Waals surface area contributed by atoms with Gasteiger partial charge in [0.1, 0.15) is 0 Å². The Bertz CT molecular complexity index is 397. The van der Waals surface area contributed by atoms with Crippen molar-refractivity contribution >= 4 is 0 Å². The maximum atomic E-state index is 4.32. The van der Waals surface area contributed by atoms with Crippen LogP contribution in [-0.4, -0.2) is 39.0 Å². The second-order valence-corrected chi connectivity index (χ2v) is 5.58. The number of hydrogen-bond donors (Lipinski definition) is 0. The van der Waals surface area contributed by atoms with Crippen LogP contribution in [-0.2, 0) is 7.05 Å². The molecule has 1 saturated heterocycles. The van der Waals surface area contributed by atoms with Crippen LogP contribution in [0.15, 0.2) is 0 Å². The zero-order chi connectivity index (χ0) is 11.4. The fraction of sp³-hybridized carbons (Fsp3) is 0.833. The molecule has 3 rings (SSSR count). The number of fused-ring (bicyclic) bond motifs is 1. The van der Waals surface area contributed by atoms with Crippen molar-refractivity contribution in [3.05, 3.63) is 11.4 Å². The highest BCUT2D eigenvalue weighted by molar-refractivity contribution is 5.27. The third-order valence-corrected chi connectivity index (χ3v) is 4.41. The summed E-state index contributed by atoms with van der Waals surface area (Å²) in [7, 11) is 1.98. The zero-order valence-corrected chi connectivity index (χ0v) is 10.5. The molecule has 4 nitrogen and oxygen atoms in total. The highest BCUT2D eigenvalue weighted by Gasteiger charge is 2.58. The van der Waals surface area contributed by atoms with E-state index in [-0.39, 0.29) is 0 Å². The lowest BCUT2D eigenvalue weighted by atomic mass is 10.1. The monoisotopic (exact) mass is 220 g/mol. The molecular weight excluding hydrogens is 200 g/mol. The Morgan fingerprint density at radius 2 is 1.88 bits per heavy atom. The lowest BCUT2D eigenvalue weighted by molar-refractivity contribution is 0.242. The molecule has 1 aliphatic heterocycles. The van der Waals surface area contributed by atoms with Crippen LogP contribution in [0.1, 0.15) is 31.2 Å². The number of rotatable bonds is 2. The zero-order valence-electron chi connectivity index (χ0n) is 10.5. The molecule has 4 heteroatoms. The van der Waals surface area contributed by atoms with Gasteiger partial charge in [-0.2, -0.15) is 0 Å². The molecule has 0 radical (unpaired) electrons. The summed E-state index contributed by atoms with van der Waals surface area (Å²) in [6, 6.07) is 0.691. The molecule has 0 spiro atoms. The van der Waals surface area contributed by atoms with E-state index in [2.05, 4.69) is 36.0 Å². The van der Waals surface area contributed by atoms with Crippen molar-refractivity contribution in [2.24, 2.45) is 18.9 Å². The van der Waals surface area contributed by atoms with Gasteiger partial charge in [-0.15, -0.1) is 5.10 Å². The molecule has 16 heavy (non-hydrogen) atoms. The van der Waals surface area contributed by atoms with E-state index in [1.165, 1.54) is 24.5 Å². The fourth-order valence-electron chi connectivity index (χ4n) is 3.11. The molecule has 2 heterocycles. The maximum absolute atomic E-state index is 4.32. The maximum Gasteiger partial charge on any atom is 0.0893 e. The van der Waals surface area contributed by atoms with Crippen molar-refractivity contribution in [1.29, 1.82) is 0 Å². The molecule has 0 bridgehead atoms. The SMILES string of the molecule is Cc1c(C2C3CN(C(C)C)CC32)nnn1C. The first-order valence-electron chi connectivity index (χ1n) is 6.19. The summed E-state index contributed by atoms with van der Waals surface area (Å²) in [5, 5.41) is 8.44. The molecule has 0 N–H and O–H groups in total. The summed E-state index contributed by atoms with van der Waals surface area (Å²) < 4.78 is 1.89. The van der Waals surface area contributed by atoms with Gasteiger partial charge in [0.05, 0.1) is 11.4 Å². The molecule has 0 aromatic carbocycles. The van der Waals surface area contributed by atoms with Gasteiger partial charge in [0.15, 0.2) is 0 Å². The second-order valence-electron chi connectivity index (χ2n) is 5.58. The first kappa shape index (κ1) is 10.3. The standard InChI is InChI=1S/C12H20N4/c1-7(2)16-5-9-10(6-16)11(9)12-8(3)15(4)14-13-12/h7,9-11H,5-6H2,1-4H3. The van der Waals surface area contributed by atoms with Gasteiger partial charge in [-0.1, -0.05) is 5.21 Å². The van der Waals surface area contributed by atoms with Gasteiger partial charge in [-0.05, 0) is 32.6 Å². The van der Waals surface area contributed by atoms with Gasteiger partial charge in [0, 0.05) is 32.1 Å². The molecule has 2 fully saturated rings. The summed E-state index contributed by atoms with van der Waals surface area (Å²) in [4.78, 5) is 2.58. The average Bonchev–Trinajstić information content (AvgIpc) is 2.61. The molecule has 88 valence electrons. The van der Waals surface area contributed by atoms with E-state index >= 15 is 0 Å². The number of likely N-dealkylation sites (tertiary alicyclic amines) is 1. The Balaban J connectivity index is 1.73. The largest absolute Gasteiger partial charge is 0.300 e. The van der Waals surface area contributed by atoms with Crippen molar-refractivity contribution in [2.45, 2.75) is 32.7 Å². The summed E-state index contributed by atoms with van der Waals surface area (Å²) in [5.41, 5.74) is 2.50. The predicted molar refractivity (Wildman–Crippen MR) is 62.2 cm³/mol. The van der Waals surface area contributed by atoms with E-state index < -0.39 is 0 Å². The van der Waals surface area contributed by atoms with E-state index in [1.807, 2.05) is 11.7 Å². The van der Waals surface area contributed by atoms with E-state index in [1.54, 1.807) is 0 Å². The van der Waals surface area contributed by atoms with Gasteiger partial charge in [-0.3, -0.25) is 4.68 Å². The number of piperidine rings is 1. The first-order chi connectivity index (χ1) is 7.59. The topological polar surface area (TPSA) is 34.0 Å². The van der Waals surface area contributed by atoms with Crippen LogP contribution in [0.25, 0.3) is 0 Å². The molecular formula is C12H20N4. The number of hydrogen-bond acceptors (Lipinski definition) is 3. The van der Waals surface area contributed by atoms with E-state index in [4.69, 9.17) is 0 Å². The Labute approximate surface area is 96.6 Å². The molecule has 0 amide bonds. The summed E-state index contributed by atoms with van der Waals surface area (Å²) >= 11 is 0. The Hall–Kier alpha value is -0.900. The molecule has 2 unspecified atom stereocenters. The van der Waals surface area contributed by atoms with Gasteiger partial charge < -0.3 is 4.90 Å². The minimum Gasteiger partial charge on any atom is -0.300 e. The Morgan fingerprint density at radius 3 is 2.31 bits per heavy atom. The van der Waals surface area contributed by atoms with Crippen LogP contribution >= 0.6 is 0 Å². The smallest absolute Gasteiger partial charge is 0.0893 e. The third kappa shape index (κ3) is 1.32. The van der Waals surface area contributed by atoms with Crippen molar-refractivity contribution in [2.75, 3.05) is 13.1 Å². The molecule has 1 aromatic rings. The van der Waals surface area contributed by atoms with Crippen LogP contribution in [0, 0.1) is 18.8 Å². The second kappa shape index (κ2) is 3.29. The summed E-state index contributed by atoms with van der Waals surface area (Å²) in [6.07, 6.45) is 0. The van der Waals surface area contributed by atoms with Gasteiger partial charge in [-0.25, -0.2) is 0 Å². The Kier molecular flexibility index (Phi) is 2.11. The number of nitrogens with zero attached hydrogens (tertiary/aromatic N) is 4. The van der Waals surface area contributed by atoms with Crippen molar-refractivity contribution < 1.29 is 0 Å². The lowest BCUT2D eigenvalue weighted by Crippen LogP contribution is -2.31. The van der Waals surface area contributed by atoms with E-state index in [9.17, 15) is 0 Å². The van der Waals surface area contributed by atoms with Crippen LogP contribution in [0.4, 0.5) is 0 Å². The summed E-state index contributed by atoms with van der Waals surface area (Å²) in [5.74, 6) is 2.39. The quantitative estimate of drug-likeness (QED) is 0.750. The molecule has 1 saturated carbocycles. The van der Waals surface area contributed by atoms with E-state index in [0.717, 1.165) is 11.8 Å². The third-order valence-electron chi connectivity index (χ3n) is 4.41. The first-order valence-corrected chi connectivity index (χ1v) is 6.19. The lowest BCUT2D eigenvalue weighted by Gasteiger charge is -2.23. The van der Waals surface area contributed by atoms with Crippen LogP contribution < -0.4 is 0 Å². The van der Waals surface area contributed by atoms with Gasteiger partial charge in [0.2, 0.25) is 0 Å². The van der Waals surface area contributed by atoms with Crippen LogP contribution in [0.3, 0.4) is 0 Å². The Morgan fingerprint density at radius 1 is 1.25 bits per heavy atom. The summed E-state index contributed by atoms with van der Waals surface area (Å²) in [6.45, 7) is 9.20. The van der Waals surface area contributed by atoms with Crippen LogP contribution in [0.2, 0.25) is 0 Å². The van der Waals surface area contributed by atoms with Gasteiger partial charge in [0.25, 0.3) is 0 Å². The molecule has 1 aliphatic carbocycles. The minimum absolute atomic E-state index is 0.691. The molecule has 2 atom stereocenters. The van der Waals surface area contributed by atoms with Crippen LogP contribution in [0.5, 0.6) is 0 Å². The van der Waals surface area contributed by atoms with Crippen molar-refractivity contribution in [3.8, 4) is 0 Å². The molecule has 2 aliphatic rings. The fourth-order valence-corrected chi connectivity index (χ4v) is 3.11. The normalized spacial score (nSPS) is 33.4. The predicted octanol–water partition coefficient (Wildman–Crippen LogP) is 1.18. The number of aromatic nitrogens is 3. The highest BCUT2D eigenvalue weighted by atomic mass is 15.4. The van der Waals surface area contributed by atoms with E-state index in [0.29, 0.717) is 12.0 Å². The van der Waals surface area contributed by atoms with Gasteiger partial charge >= 0.3 is 0 Å². The minimum atomic E-state index is 0.691. The van der Waals surface area contributed by atoms with Crippen molar-refractivity contribution in [3.63, 3.8) is 0 Å². The highest BCUT2D eigenvalue weighted by Crippen LogP contribution is 2.58. The van der Waals surface area contributed by atoms with Crippen molar-refractivity contribution in [1.82, 2.24) is 19.9 Å².